The number of nitrogens with one attached hydrogen (secondary N) is 1. The number of aryl methyl sites for hydroxylation is 2. The van der Waals surface area contributed by atoms with E-state index in [0.717, 1.165) is 28.0 Å². The van der Waals surface area contributed by atoms with Crippen LogP contribution in [0.3, 0.4) is 0 Å². The van der Waals surface area contributed by atoms with E-state index in [-0.39, 0.29) is 5.91 Å². The number of carbonyl (C=O) groups is 1. The number of imidazole rings is 1. The summed E-state index contributed by atoms with van der Waals surface area (Å²) in [5, 5.41) is 6.71. The molecule has 2 heterocycles. The highest BCUT2D eigenvalue weighted by molar-refractivity contribution is 6.04. The van der Waals surface area contributed by atoms with Crippen LogP contribution in [0.5, 0.6) is 0 Å². The van der Waals surface area contributed by atoms with E-state index in [2.05, 4.69) is 20.0 Å². The lowest BCUT2D eigenvalue weighted by molar-refractivity contribution is 0.102. The van der Waals surface area contributed by atoms with E-state index in [9.17, 15) is 4.79 Å². The van der Waals surface area contributed by atoms with Gasteiger partial charge in [0.25, 0.3) is 11.8 Å². The van der Waals surface area contributed by atoms with Crippen LogP contribution >= 0.6 is 0 Å². The molecular weight excluding hydrogens is 390 g/mol. The van der Waals surface area contributed by atoms with Gasteiger partial charge >= 0.3 is 0 Å². The first-order chi connectivity index (χ1) is 15.1. The highest BCUT2D eigenvalue weighted by Crippen LogP contribution is 2.25. The second-order valence-electron chi connectivity index (χ2n) is 7.24. The van der Waals surface area contributed by atoms with E-state index in [1.165, 1.54) is 0 Å². The van der Waals surface area contributed by atoms with Gasteiger partial charge in [0.15, 0.2) is 5.82 Å². The van der Waals surface area contributed by atoms with Crippen molar-refractivity contribution in [1.82, 2.24) is 19.7 Å². The maximum absolute atomic E-state index is 12.6. The van der Waals surface area contributed by atoms with Gasteiger partial charge in [-0.2, -0.15) is 4.98 Å². The second kappa shape index (κ2) is 7.53. The molecule has 5 rings (SSSR count). The predicted octanol–water partition coefficient (Wildman–Crippen LogP) is 4.85. The van der Waals surface area contributed by atoms with Crippen molar-refractivity contribution in [3.63, 3.8) is 0 Å². The highest BCUT2D eigenvalue weighted by atomic mass is 16.5. The minimum absolute atomic E-state index is 0.191. The Morgan fingerprint density at radius 2 is 1.61 bits per heavy atom. The van der Waals surface area contributed by atoms with Gasteiger partial charge in [-0.3, -0.25) is 4.79 Å². The number of hydrogen-bond donors (Lipinski definition) is 1. The minimum Gasteiger partial charge on any atom is -0.334 e. The Balaban J connectivity index is 1.32. The number of rotatable bonds is 4. The van der Waals surface area contributed by atoms with Crippen molar-refractivity contribution in [2.45, 2.75) is 6.92 Å². The molecule has 0 spiro atoms. The van der Waals surface area contributed by atoms with Gasteiger partial charge in [0.2, 0.25) is 0 Å². The Labute approximate surface area is 178 Å². The van der Waals surface area contributed by atoms with Crippen LogP contribution < -0.4 is 5.32 Å². The highest BCUT2D eigenvalue weighted by Gasteiger charge is 2.12. The third kappa shape index (κ3) is 3.57. The molecule has 0 aliphatic heterocycles. The first kappa shape index (κ1) is 18.7. The number of para-hydroxylation sites is 2. The summed E-state index contributed by atoms with van der Waals surface area (Å²) in [6, 6.07) is 22.7. The molecule has 152 valence electrons. The summed E-state index contributed by atoms with van der Waals surface area (Å²) in [7, 11) is 2.00. The maximum Gasteiger partial charge on any atom is 0.257 e. The molecule has 0 saturated heterocycles. The average molecular weight is 409 g/mol. The number of nitrogens with zero attached hydrogens (tertiary/aromatic N) is 4. The van der Waals surface area contributed by atoms with Crippen LogP contribution in [0, 0.1) is 6.92 Å². The normalized spacial score (nSPS) is 11.0. The molecule has 7 nitrogen and oxygen atoms in total. The van der Waals surface area contributed by atoms with Gasteiger partial charge in [-0.05, 0) is 67.6 Å². The quantitative estimate of drug-likeness (QED) is 0.459. The summed E-state index contributed by atoms with van der Waals surface area (Å²) in [5.41, 5.74) is 5.04. The van der Waals surface area contributed by atoms with Crippen molar-refractivity contribution in [3.05, 3.63) is 84.2 Å². The molecule has 31 heavy (non-hydrogen) atoms. The van der Waals surface area contributed by atoms with Crippen LogP contribution in [0.4, 0.5) is 5.69 Å². The SMILES string of the molecule is Cc1noc(-c2ccc(C(=O)Nc3ccc(-c4nc5ccccc5n4C)cc3)cc2)n1. The van der Waals surface area contributed by atoms with Crippen LogP contribution in [0.15, 0.2) is 77.3 Å². The molecule has 1 amide bonds. The molecule has 5 aromatic rings. The standard InChI is InChI=1S/C24H19N5O2/c1-15-25-24(31-28-15)18-9-7-17(8-10-18)23(30)26-19-13-11-16(12-14-19)22-27-20-5-3-4-6-21(20)29(22)2/h3-14H,1-2H3,(H,26,30). The summed E-state index contributed by atoms with van der Waals surface area (Å²) in [6.07, 6.45) is 0. The van der Waals surface area contributed by atoms with Gasteiger partial charge in [-0.25, -0.2) is 4.98 Å². The summed E-state index contributed by atoms with van der Waals surface area (Å²) in [6.45, 7) is 1.76. The number of benzene rings is 3. The van der Waals surface area contributed by atoms with Crippen molar-refractivity contribution < 1.29 is 9.32 Å². The minimum atomic E-state index is -0.191. The summed E-state index contributed by atoms with van der Waals surface area (Å²) >= 11 is 0. The maximum atomic E-state index is 12.6. The molecule has 7 heteroatoms. The van der Waals surface area contributed by atoms with Crippen LogP contribution in [-0.2, 0) is 7.05 Å². The molecule has 0 bridgehead atoms. The van der Waals surface area contributed by atoms with Gasteiger partial charge in [0.1, 0.15) is 5.82 Å². The van der Waals surface area contributed by atoms with Crippen molar-refractivity contribution in [2.75, 3.05) is 5.32 Å². The smallest absolute Gasteiger partial charge is 0.257 e. The van der Waals surface area contributed by atoms with Gasteiger partial charge in [0.05, 0.1) is 11.0 Å². The number of hydrogen-bond acceptors (Lipinski definition) is 5. The first-order valence-corrected chi connectivity index (χ1v) is 9.82. The van der Waals surface area contributed by atoms with Crippen molar-refractivity contribution in [2.24, 2.45) is 7.05 Å². The molecule has 3 aromatic carbocycles. The zero-order valence-corrected chi connectivity index (χ0v) is 17.0. The predicted molar refractivity (Wildman–Crippen MR) is 119 cm³/mol. The van der Waals surface area contributed by atoms with Gasteiger partial charge in [-0.1, -0.05) is 17.3 Å². The third-order valence-corrected chi connectivity index (χ3v) is 5.11. The third-order valence-electron chi connectivity index (χ3n) is 5.11. The Kier molecular flexibility index (Phi) is 4.55. The summed E-state index contributed by atoms with van der Waals surface area (Å²) in [4.78, 5) is 21.5. The molecule has 0 saturated carbocycles. The summed E-state index contributed by atoms with van der Waals surface area (Å²) < 4.78 is 7.22. The zero-order chi connectivity index (χ0) is 21.4. The lowest BCUT2D eigenvalue weighted by Gasteiger charge is -2.07. The van der Waals surface area contributed by atoms with E-state index in [4.69, 9.17) is 9.51 Å². The lowest BCUT2D eigenvalue weighted by Crippen LogP contribution is -2.11. The average Bonchev–Trinajstić information content (AvgIpc) is 3.38. The molecular formula is C24H19N5O2. The van der Waals surface area contributed by atoms with Crippen LogP contribution in [-0.4, -0.2) is 25.6 Å². The fourth-order valence-electron chi connectivity index (χ4n) is 3.49. The molecule has 0 fully saturated rings. The van der Waals surface area contributed by atoms with Crippen molar-refractivity contribution in [1.29, 1.82) is 0 Å². The molecule has 0 aliphatic carbocycles. The Bertz CT molecular complexity index is 1380. The molecule has 2 aromatic heterocycles. The Morgan fingerprint density at radius 3 is 2.29 bits per heavy atom. The number of carbonyl (C=O) groups excluding carboxylic acids is 1. The fourth-order valence-corrected chi connectivity index (χ4v) is 3.49. The number of anilines is 1. The molecule has 0 atom stereocenters. The number of aromatic nitrogens is 4. The fraction of sp³-hybridized carbons (Fsp3) is 0.0833. The van der Waals surface area contributed by atoms with Crippen molar-refractivity contribution >= 4 is 22.6 Å². The molecule has 0 aliphatic rings. The van der Waals surface area contributed by atoms with E-state index < -0.39 is 0 Å². The van der Waals surface area contributed by atoms with E-state index in [0.29, 0.717) is 23.0 Å². The number of fused-ring (bicyclic) bond motifs is 1. The van der Waals surface area contributed by atoms with E-state index in [1.54, 1.807) is 31.2 Å². The number of amides is 1. The second-order valence-corrected chi connectivity index (χ2v) is 7.24. The summed E-state index contributed by atoms with van der Waals surface area (Å²) in [5.74, 6) is 1.69. The van der Waals surface area contributed by atoms with E-state index >= 15 is 0 Å². The molecule has 0 radical (unpaired) electrons. The van der Waals surface area contributed by atoms with Crippen LogP contribution in [0.1, 0.15) is 16.2 Å². The Hall–Kier alpha value is -4.26. The zero-order valence-electron chi connectivity index (χ0n) is 17.0. The monoisotopic (exact) mass is 409 g/mol. The lowest BCUT2D eigenvalue weighted by atomic mass is 10.1. The van der Waals surface area contributed by atoms with Gasteiger partial charge in [0, 0.05) is 29.4 Å². The van der Waals surface area contributed by atoms with Gasteiger partial charge < -0.3 is 14.4 Å². The van der Waals surface area contributed by atoms with E-state index in [1.807, 2.05) is 55.6 Å². The van der Waals surface area contributed by atoms with Gasteiger partial charge in [-0.15, -0.1) is 0 Å². The first-order valence-electron chi connectivity index (χ1n) is 9.82. The van der Waals surface area contributed by atoms with Crippen LogP contribution in [0.25, 0.3) is 33.9 Å². The molecule has 1 N–H and O–H groups in total. The van der Waals surface area contributed by atoms with Crippen molar-refractivity contribution in [3.8, 4) is 22.8 Å². The largest absolute Gasteiger partial charge is 0.334 e. The topological polar surface area (TPSA) is 85.8 Å². The molecule has 0 unspecified atom stereocenters. The van der Waals surface area contributed by atoms with Crippen LogP contribution in [0.2, 0.25) is 0 Å². The Morgan fingerprint density at radius 1 is 0.903 bits per heavy atom.